The summed E-state index contributed by atoms with van der Waals surface area (Å²) in [6.45, 7) is 0. The number of carbonyl (C=O) groups is 1. The summed E-state index contributed by atoms with van der Waals surface area (Å²) in [5.74, 6) is -1.03. The van der Waals surface area contributed by atoms with E-state index in [1.165, 1.54) is 36.4 Å². The van der Waals surface area contributed by atoms with E-state index in [4.69, 9.17) is 0 Å². The minimum Gasteiger partial charge on any atom is -0.370 e. The predicted octanol–water partition coefficient (Wildman–Crippen LogP) is 4.76. The van der Waals surface area contributed by atoms with Crippen molar-refractivity contribution in [3.8, 4) is 0 Å². The molecule has 3 aromatic rings. The van der Waals surface area contributed by atoms with Crippen LogP contribution in [0.25, 0.3) is 0 Å². The van der Waals surface area contributed by atoms with Gasteiger partial charge in [-0.3, -0.25) is 4.79 Å². The number of rotatable bonds is 5. The maximum absolute atomic E-state index is 13.1. The number of hydrogen-bond donors (Lipinski definition) is 2. The minimum atomic E-state index is -0.684. The molecule has 0 spiro atoms. The molecule has 0 heterocycles. The van der Waals surface area contributed by atoms with Gasteiger partial charge < -0.3 is 10.6 Å². The lowest BCUT2D eigenvalue weighted by atomic mass is 10.1. The molecule has 0 aliphatic carbocycles. The summed E-state index contributed by atoms with van der Waals surface area (Å²) in [4.78, 5) is 12.7. The van der Waals surface area contributed by atoms with E-state index in [1.54, 1.807) is 12.1 Å². The van der Waals surface area contributed by atoms with E-state index in [9.17, 15) is 13.6 Å². The maximum atomic E-state index is 13.1. The molecule has 0 bridgehead atoms. The number of carbonyl (C=O) groups excluding carboxylic acids is 1. The van der Waals surface area contributed by atoms with Gasteiger partial charge in [0.05, 0.1) is 0 Å². The summed E-state index contributed by atoms with van der Waals surface area (Å²) in [7, 11) is 0. The molecule has 1 atom stereocenters. The van der Waals surface area contributed by atoms with Crippen LogP contribution in [0.2, 0.25) is 0 Å². The van der Waals surface area contributed by atoms with Crippen molar-refractivity contribution < 1.29 is 13.6 Å². The van der Waals surface area contributed by atoms with Crippen molar-refractivity contribution in [3.63, 3.8) is 0 Å². The highest BCUT2D eigenvalue weighted by molar-refractivity contribution is 5.97. The topological polar surface area (TPSA) is 41.1 Å². The average Bonchev–Trinajstić information content (AvgIpc) is 2.64. The molecule has 0 aliphatic heterocycles. The van der Waals surface area contributed by atoms with E-state index in [-0.39, 0.29) is 17.5 Å². The molecule has 0 aromatic heterocycles. The number of amides is 1. The van der Waals surface area contributed by atoms with Crippen LogP contribution in [0.1, 0.15) is 11.6 Å². The molecular weight excluding hydrogens is 322 g/mol. The highest BCUT2D eigenvalue weighted by Gasteiger charge is 2.20. The predicted molar refractivity (Wildman–Crippen MR) is 94.2 cm³/mol. The lowest BCUT2D eigenvalue weighted by Crippen LogP contribution is -2.27. The van der Waals surface area contributed by atoms with Crippen LogP contribution < -0.4 is 10.6 Å². The largest absolute Gasteiger partial charge is 0.370 e. The first kappa shape index (κ1) is 16.6. The smallest absolute Gasteiger partial charge is 0.251 e. The number of benzene rings is 3. The number of halogens is 2. The summed E-state index contributed by atoms with van der Waals surface area (Å²) in [6.07, 6.45) is 0. The van der Waals surface area contributed by atoms with Crippen molar-refractivity contribution in [2.75, 3.05) is 10.6 Å². The molecule has 0 unspecified atom stereocenters. The van der Waals surface area contributed by atoms with Crippen LogP contribution in [0.4, 0.5) is 20.2 Å². The standard InChI is InChI=1S/C20H16F2N2O/c21-15-6-10-17(11-7-15)23-19(14-4-2-1-3-5-14)20(25)24-18-12-8-16(22)9-13-18/h1-13,19,23H,(H,24,25)/t19-/m0/s1. The Hall–Kier alpha value is -3.21. The Morgan fingerprint density at radius 1 is 0.720 bits per heavy atom. The van der Waals surface area contributed by atoms with Gasteiger partial charge in [0.2, 0.25) is 0 Å². The van der Waals surface area contributed by atoms with Gasteiger partial charge in [-0.25, -0.2) is 8.78 Å². The third-order valence-electron chi connectivity index (χ3n) is 3.66. The van der Waals surface area contributed by atoms with Crippen molar-refractivity contribution in [2.45, 2.75) is 6.04 Å². The van der Waals surface area contributed by atoms with Crippen molar-refractivity contribution in [1.82, 2.24) is 0 Å². The van der Waals surface area contributed by atoms with Gasteiger partial charge >= 0.3 is 0 Å². The Kier molecular flexibility index (Phi) is 5.04. The second kappa shape index (κ2) is 7.57. The van der Waals surface area contributed by atoms with E-state index in [0.29, 0.717) is 11.4 Å². The number of nitrogens with one attached hydrogen (secondary N) is 2. The average molecular weight is 338 g/mol. The van der Waals surface area contributed by atoms with Crippen LogP contribution in [0.15, 0.2) is 78.9 Å². The van der Waals surface area contributed by atoms with E-state index in [0.717, 1.165) is 5.56 Å². The van der Waals surface area contributed by atoms with Crippen LogP contribution in [0, 0.1) is 11.6 Å². The lowest BCUT2D eigenvalue weighted by molar-refractivity contribution is -0.117. The Labute approximate surface area is 144 Å². The summed E-state index contributed by atoms with van der Waals surface area (Å²) >= 11 is 0. The van der Waals surface area contributed by atoms with Crippen molar-refractivity contribution in [3.05, 3.63) is 96.1 Å². The normalized spacial score (nSPS) is 11.6. The van der Waals surface area contributed by atoms with Gasteiger partial charge in [-0.05, 0) is 54.1 Å². The fourth-order valence-corrected chi connectivity index (χ4v) is 2.41. The second-order valence-corrected chi connectivity index (χ2v) is 5.49. The zero-order valence-electron chi connectivity index (χ0n) is 13.2. The zero-order chi connectivity index (χ0) is 17.6. The van der Waals surface area contributed by atoms with E-state index in [1.807, 2.05) is 30.3 Å². The zero-order valence-corrected chi connectivity index (χ0v) is 13.2. The number of hydrogen-bond acceptors (Lipinski definition) is 2. The molecule has 3 rings (SSSR count). The molecule has 0 radical (unpaired) electrons. The van der Waals surface area contributed by atoms with Gasteiger partial charge in [-0.1, -0.05) is 30.3 Å². The molecule has 0 aliphatic rings. The molecule has 3 aromatic carbocycles. The van der Waals surface area contributed by atoms with Crippen LogP contribution >= 0.6 is 0 Å². The summed E-state index contributed by atoms with van der Waals surface area (Å²) in [5.41, 5.74) is 1.86. The molecule has 5 heteroatoms. The highest BCUT2D eigenvalue weighted by Crippen LogP contribution is 2.22. The fourth-order valence-electron chi connectivity index (χ4n) is 2.41. The molecule has 25 heavy (non-hydrogen) atoms. The Bertz CT molecular complexity index is 834. The van der Waals surface area contributed by atoms with E-state index >= 15 is 0 Å². The molecular formula is C20H16F2N2O. The van der Waals surface area contributed by atoms with E-state index < -0.39 is 6.04 Å². The SMILES string of the molecule is O=C(Nc1ccc(F)cc1)[C@@H](Nc1ccc(F)cc1)c1ccccc1. The van der Waals surface area contributed by atoms with Gasteiger partial charge in [0.25, 0.3) is 5.91 Å². The van der Waals surface area contributed by atoms with Crippen molar-refractivity contribution >= 4 is 17.3 Å². The quantitative estimate of drug-likeness (QED) is 0.704. The van der Waals surface area contributed by atoms with Gasteiger partial charge in [0.1, 0.15) is 17.7 Å². The third-order valence-corrected chi connectivity index (χ3v) is 3.66. The molecule has 0 saturated heterocycles. The Morgan fingerprint density at radius 2 is 1.24 bits per heavy atom. The van der Waals surface area contributed by atoms with Gasteiger partial charge in [0.15, 0.2) is 0 Å². The minimum absolute atomic E-state index is 0.304. The Morgan fingerprint density at radius 3 is 1.80 bits per heavy atom. The summed E-state index contributed by atoms with van der Waals surface area (Å²) < 4.78 is 26.1. The first-order valence-corrected chi connectivity index (χ1v) is 7.75. The second-order valence-electron chi connectivity index (χ2n) is 5.49. The summed E-state index contributed by atoms with van der Waals surface area (Å²) in [5, 5.41) is 5.86. The van der Waals surface area contributed by atoms with Crippen LogP contribution in [0.3, 0.4) is 0 Å². The molecule has 1 amide bonds. The van der Waals surface area contributed by atoms with Gasteiger partial charge in [0, 0.05) is 11.4 Å². The van der Waals surface area contributed by atoms with Crippen molar-refractivity contribution in [2.24, 2.45) is 0 Å². The van der Waals surface area contributed by atoms with Crippen LogP contribution in [-0.2, 0) is 4.79 Å². The maximum Gasteiger partial charge on any atom is 0.251 e. The highest BCUT2D eigenvalue weighted by atomic mass is 19.1. The lowest BCUT2D eigenvalue weighted by Gasteiger charge is -2.20. The van der Waals surface area contributed by atoms with Gasteiger partial charge in [-0.2, -0.15) is 0 Å². The first-order valence-electron chi connectivity index (χ1n) is 7.75. The molecule has 0 saturated carbocycles. The van der Waals surface area contributed by atoms with Crippen molar-refractivity contribution in [1.29, 1.82) is 0 Å². The summed E-state index contributed by atoms with van der Waals surface area (Å²) in [6, 6.07) is 19.8. The molecule has 126 valence electrons. The fraction of sp³-hybridized carbons (Fsp3) is 0.0500. The molecule has 2 N–H and O–H groups in total. The van der Waals surface area contributed by atoms with Crippen LogP contribution in [-0.4, -0.2) is 5.91 Å². The van der Waals surface area contributed by atoms with E-state index in [2.05, 4.69) is 10.6 Å². The number of anilines is 2. The first-order chi connectivity index (χ1) is 12.1. The van der Waals surface area contributed by atoms with Gasteiger partial charge in [-0.15, -0.1) is 0 Å². The van der Waals surface area contributed by atoms with Crippen LogP contribution in [0.5, 0.6) is 0 Å². The third kappa shape index (κ3) is 4.41. The molecule has 0 fully saturated rings. The Balaban J connectivity index is 1.83. The monoisotopic (exact) mass is 338 g/mol. The molecule has 3 nitrogen and oxygen atoms in total.